The van der Waals surface area contributed by atoms with Gasteiger partial charge in [0.1, 0.15) is 0 Å². The molecule has 5 nitrogen and oxygen atoms in total. The molecule has 0 heterocycles. The van der Waals surface area contributed by atoms with Gasteiger partial charge in [-0.25, -0.2) is 0 Å². The van der Waals surface area contributed by atoms with Crippen LogP contribution in [0.25, 0.3) is 0 Å². The second-order valence-corrected chi connectivity index (χ2v) is 22.5. The van der Waals surface area contributed by atoms with E-state index in [0.717, 1.165) is 76.5 Å². The molecule has 5 heteroatoms. The van der Waals surface area contributed by atoms with Crippen molar-refractivity contribution in [1.29, 1.82) is 0 Å². The lowest BCUT2D eigenvalue weighted by Crippen LogP contribution is -2.66. The fourth-order valence-electron chi connectivity index (χ4n) is 13.1. The van der Waals surface area contributed by atoms with Crippen LogP contribution < -0.4 is 5.73 Å². The molecule has 3 fully saturated rings. The highest BCUT2D eigenvalue weighted by molar-refractivity contribution is 5.30. The predicted octanol–water partition coefficient (Wildman–Crippen LogP) is 15.2. The fourth-order valence-corrected chi connectivity index (χ4v) is 13.1. The van der Waals surface area contributed by atoms with Crippen LogP contribution in [0.5, 0.6) is 0 Å². The van der Waals surface area contributed by atoms with Gasteiger partial charge in [0, 0.05) is 25.4 Å². The van der Waals surface area contributed by atoms with Gasteiger partial charge < -0.3 is 24.8 Å². The first-order valence-corrected chi connectivity index (χ1v) is 27.2. The molecule has 0 aromatic carbocycles. The zero-order chi connectivity index (χ0) is 44.7. The van der Waals surface area contributed by atoms with Crippen molar-refractivity contribution in [2.45, 2.75) is 239 Å². The van der Waals surface area contributed by atoms with Crippen molar-refractivity contribution < 1.29 is 14.2 Å². The van der Waals surface area contributed by atoms with Crippen LogP contribution in [0, 0.1) is 40.4 Å². The Morgan fingerprint density at radius 3 is 1.94 bits per heavy atom. The van der Waals surface area contributed by atoms with Gasteiger partial charge in [0.25, 0.3) is 0 Å². The SMILES string of the molecule is CCCCCC=CCC=CCCCCCCCCOCC(COCCCCCCCOC1CCC2(C)C(=CCC3(N)C2CCC2(C)C(C(C)CCCC(C)C)CCC23)C1)N(C)C. The Hall–Kier alpha value is -0.980. The smallest absolute Gasteiger partial charge is 0.0644 e. The van der Waals surface area contributed by atoms with E-state index in [1.165, 1.54) is 154 Å². The van der Waals surface area contributed by atoms with Crippen LogP contribution >= 0.6 is 0 Å². The molecule has 0 saturated heterocycles. The molecule has 9 unspecified atom stereocenters. The van der Waals surface area contributed by atoms with Gasteiger partial charge in [-0.2, -0.15) is 0 Å². The van der Waals surface area contributed by atoms with Crippen molar-refractivity contribution in [3.63, 3.8) is 0 Å². The van der Waals surface area contributed by atoms with Crippen LogP contribution in [0.2, 0.25) is 0 Å². The maximum absolute atomic E-state index is 7.73. The van der Waals surface area contributed by atoms with E-state index in [0.29, 0.717) is 29.4 Å². The molecular formula is C57H104N2O3. The highest BCUT2D eigenvalue weighted by atomic mass is 16.5. The number of ether oxygens (including phenoxy) is 3. The van der Waals surface area contributed by atoms with E-state index in [9.17, 15) is 0 Å². The van der Waals surface area contributed by atoms with Gasteiger partial charge in [-0.05, 0) is 157 Å². The lowest BCUT2D eigenvalue weighted by molar-refractivity contribution is -0.0789. The van der Waals surface area contributed by atoms with E-state index < -0.39 is 0 Å². The summed E-state index contributed by atoms with van der Waals surface area (Å²) in [7, 11) is 4.29. The molecule has 0 spiro atoms. The van der Waals surface area contributed by atoms with Gasteiger partial charge in [0.2, 0.25) is 0 Å². The molecular weight excluding hydrogens is 761 g/mol. The van der Waals surface area contributed by atoms with Crippen molar-refractivity contribution in [3.8, 4) is 0 Å². The second-order valence-electron chi connectivity index (χ2n) is 22.5. The third-order valence-corrected chi connectivity index (χ3v) is 17.1. The lowest BCUT2D eigenvalue weighted by Gasteiger charge is -2.63. The van der Waals surface area contributed by atoms with Crippen molar-refractivity contribution in [2.75, 3.05) is 47.1 Å². The number of nitrogens with zero attached hydrogens (tertiary/aromatic N) is 1. The van der Waals surface area contributed by atoms with E-state index in [2.05, 4.69) is 90.9 Å². The molecule has 3 saturated carbocycles. The van der Waals surface area contributed by atoms with Crippen LogP contribution in [-0.4, -0.2) is 69.7 Å². The Kier molecular flexibility index (Phi) is 25.0. The van der Waals surface area contributed by atoms with E-state index in [-0.39, 0.29) is 11.0 Å². The Balaban J connectivity index is 0.986. The summed E-state index contributed by atoms with van der Waals surface area (Å²) in [5.41, 5.74) is 10.1. The predicted molar refractivity (Wildman–Crippen MR) is 268 cm³/mol. The first-order valence-electron chi connectivity index (χ1n) is 27.2. The Morgan fingerprint density at radius 2 is 1.31 bits per heavy atom. The molecule has 0 aromatic heterocycles. The van der Waals surface area contributed by atoms with Crippen LogP contribution in [0.15, 0.2) is 36.0 Å². The van der Waals surface area contributed by atoms with Gasteiger partial charge in [-0.15, -0.1) is 0 Å². The summed E-state index contributed by atoms with van der Waals surface area (Å²) in [6.45, 7) is 19.0. The number of rotatable bonds is 34. The van der Waals surface area contributed by atoms with E-state index in [4.69, 9.17) is 19.9 Å². The largest absolute Gasteiger partial charge is 0.380 e. The summed E-state index contributed by atoms with van der Waals surface area (Å²) in [6.07, 6.45) is 48.2. The maximum Gasteiger partial charge on any atom is 0.0644 e. The zero-order valence-corrected chi connectivity index (χ0v) is 42.5. The molecule has 0 radical (unpaired) electrons. The van der Waals surface area contributed by atoms with E-state index in [1.54, 1.807) is 5.57 Å². The number of allylic oxidation sites excluding steroid dienone is 4. The van der Waals surface area contributed by atoms with Crippen molar-refractivity contribution in [3.05, 3.63) is 36.0 Å². The second kappa shape index (κ2) is 28.9. The normalized spacial score (nSPS) is 29.7. The molecule has 4 aliphatic carbocycles. The molecule has 0 amide bonds. The summed E-state index contributed by atoms with van der Waals surface area (Å²) in [4.78, 5) is 2.26. The lowest BCUT2D eigenvalue weighted by atomic mass is 9.44. The van der Waals surface area contributed by atoms with Crippen LogP contribution in [0.1, 0.15) is 221 Å². The number of nitrogens with two attached hydrogens (primary N) is 1. The molecule has 0 aromatic rings. The van der Waals surface area contributed by atoms with Gasteiger partial charge in [-0.3, -0.25) is 0 Å². The third kappa shape index (κ3) is 16.7. The number of unbranched alkanes of at least 4 members (excludes halogenated alkanes) is 13. The summed E-state index contributed by atoms with van der Waals surface area (Å²) in [6, 6.07) is 0.327. The molecule has 4 rings (SSSR count). The maximum atomic E-state index is 7.73. The Bertz CT molecular complexity index is 1280. The average Bonchev–Trinajstić information content (AvgIpc) is 3.61. The van der Waals surface area contributed by atoms with Gasteiger partial charge in [0.15, 0.2) is 0 Å². The standard InChI is InChI=1S/C57H104N2O3/c1-9-10-11-12-13-14-15-16-17-18-19-20-21-22-24-27-41-60-45-50(59(7)8)46-61-42-28-25-23-26-29-43-62-51-36-38-55(5)49(44-51)35-40-57(58)53-34-33-52(48(4)32-30-31-47(2)3)56(53,6)39-37-54(55)57/h13-14,16-17,35,47-48,50-54H,9-12,15,18-34,36-46,58H2,1-8H3. The number of hydrogen-bond donors (Lipinski definition) is 1. The van der Waals surface area contributed by atoms with Crippen LogP contribution in [-0.2, 0) is 14.2 Å². The minimum Gasteiger partial charge on any atom is -0.380 e. The molecule has 0 aliphatic heterocycles. The number of fused-ring (bicyclic) bond motifs is 5. The molecule has 2 N–H and O–H groups in total. The Labute approximate surface area is 386 Å². The Morgan fingerprint density at radius 1 is 0.694 bits per heavy atom. The van der Waals surface area contributed by atoms with Gasteiger partial charge in [0.05, 0.1) is 25.4 Å². The van der Waals surface area contributed by atoms with Crippen molar-refractivity contribution in [1.82, 2.24) is 4.90 Å². The number of hydrogen-bond acceptors (Lipinski definition) is 5. The summed E-state index contributed by atoms with van der Waals surface area (Å²) in [5, 5.41) is 0. The third-order valence-electron chi connectivity index (χ3n) is 17.1. The molecule has 4 aliphatic rings. The topological polar surface area (TPSA) is 57.0 Å². The van der Waals surface area contributed by atoms with Crippen LogP contribution in [0.3, 0.4) is 0 Å². The number of likely N-dealkylation sites (N-methyl/N-ethyl adjacent to an activating group) is 1. The minimum absolute atomic E-state index is 0.0264. The molecule has 360 valence electrons. The summed E-state index contributed by atoms with van der Waals surface area (Å²) < 4.78 is 18.8. The van der Waals surface area contributed by atoms with Gasteiger partial charge >= 0.3 is 0 Å². The highest BCUT2D eigenvalue weighted by Gasteiger charge is 2.64. The molecule has 9 atom stereocenters. The monoisotopic (exact) mass is 865 g/mol. The zero-order valence-electron chi connectivity index (χ0n) is 42.5. The molecule has 0 bridgehead atoms. The van der Waals surface area contributed by atoms with Gasteiger partial charge in [-0.1, -0.05) is 155 Å². The average molecular weight is 865 g/mol. The van der Waals surface area contributed by atoms with Crippen molar-refractivity contribution >= 4 is 0 Å². The highest BCUT2D eigenvalue weighted by Crippen LogP contribution is 2.68. The van der Waals surface area contributed by atoms with Crippen molar-refractivity contribution in [2.24, 2.45) is 46.2 Å². The fraction of sp³-hybridized carbons (Fsp3) is 0.895. The molecule has 62 heavy (non-hydrogen) atoms. The summed E-state index contributed by atoms with van der Waals surface area (Å²) in [5.74, 6) is 3.81. The first kappa shape index (κ1) is 53.6. The van der Waals surface area contributed by atoms with Crippen LogP contribution in [0.4, 0.5) is 0 Å². The van der Waals surface area contributed by atoms with E-state index in [1.807, 2.05) is 0 Å². The summed E-state index contributed by atoms with van der Waals surface area (Å²) >= 11 is 0. The van der Waals surface area contributed by atoms with E-state index >= 15 is 0 Å². The quantitative estimate of drug-likeness (QED) is 0.0516. The first-order chi connectivity index (χ1) is 30.0. The minimum atomic E-state index is -0.0264.